The summed E-state index contributed by atoms with van der Waals surface area (Å²) in [4.78, 5) is 0. The van der Waals surface area contributed by atoms with Gasteiger partial charge in [-0.15, -0.1) is 0 Å². The minimum Gasteiger partial charge on any atom is -0.395 e. The van der Waals surface area contributed by atoms with Crippen LogP contribution in [-0.2, 0) is 5.41 Å². The maximum Gasteiger partial charge on any atom is 0.113 e. The first-order valence-electron chi connectivity index (χ1n) is 4.10. The SMILES string of the molecule is OC[C@]1(c2ccccc2)C[C@H]1F. The Hall–Kier alpha value is -0.890. The third-order valence-corrected chi connectivity index (χ3v) is 2.61. The van der Waals surface area contributed by atoms with E-state index < -0.39 is 11.6 Å². The van der Waals surface area contributed by atoms with Crippen LogP contribution in [0.15, 0.2) is 30.3 Å². The van der Waals surface area contributed by atoms with Gasteiger partial charge in [-0.1, -0.05) is 30.3 Å². The van der Waals surface area contributed by atoms with Crippen LogP contribution < -0.4 is 0 Å². The number of halogens is 1. The first kappa shape index (κ1) is 7.74. The van der Waals surface area contributed by atoms with E-state index in [9.17, 15) is 4.39 Å². The van der Waals surface area contributed by atoms with Crippen LogP contribution in [0.1, 0.15) is 12.0 Å². The molecule has 1 aliphatic rings. The fourth-order valence-electron chi connectivity index (χ4n) is 1.58. The first-order chi connectivity index (χ1) is 5.79. The summed E-state index contributed by atoms with van der Waals surface area (Å²) >= 11 is 0. The molecule has 0 radical (unpaired) electrons. The van der Waals surface area contributed by atoms with Crippen LogP contribution in [0.2, 0.25) is 0 Å². The van der Waals surface area contributed by atoms with E-state index in [2.05, 4.69) is 0 Å². The predicted octanol–water partition coefficient (Wildman–Crippen LogP) is 1.66. The molecular weight excluding hydrogens is 155 g/mol. The molecule has 64 valence electrons. The second kappa shape index (κ2) is 2.56. The number of benzene rings is 1. The zero-order valence-electron chi connectivity index (χ0n) is 6.70. The Morgan fingerprint density at radius 2 is 2.00 bits per heavy atom. The second-order valence-corrected chi connectivity index (χ2v) is 3.35. The van der Waals surface area contributed by atoms with Gasteiger partial charge in [-0.3, -0.25) is 0 Å². The molecule has 1 aliphatic carbocycles. The van der Waals surface area contributed by atoms with E-state index in [0.717, 1.165) is 5.56 Å². The van der Waals surface area contributed by atoms with Crippen molar-refractivity contribution < 1.29 is 9.50 Å². The van der Waals surface area contributed by atoms with Crippen molar-refractivity contribution >= 4 is 0 Å². The number of rotatable bonds is 2. The molecule has 2 heteroatoms. The minimum atomic E-state index is -0.857. The van der Waals surface area contributed by atoms with Gasteiger partial charge in [0.15, 0.2) is 0 Å². The van der Waals surface area contributed by atoms with E-state index in [4.69, 9.17) is 5.11 Å². The van der Waals surface area contributed by atoms with Crippen LogP contribution in [0.25, 0.3) is 0 Å². The van der Waals surface area contributed by atoms with E-state index in [1.807, 2.05) is 30.3 Å². The van der Waals surface area contributed by atoms with E-state index >= 15 is 0 Å². The molecule has 1 nitrogen and oxygen atoms in total. The zero-order chi connectivity index (χ0) is 8.60. The number of aliphatic hydroxyl groups is 1. The monoisotopic (exact) mass is 166 g/mol. The van der Waals surface area contributed by atoms with Crippen molar-refractivity contribution in [1.82, 2.24) is 0 Å². The van der Waals surface area contributed by atoms with Gasteiger partial charge in [0.05, 0.1) is 12.0 Å². The molecular formula is C10H11FO. The summed E-state index contributed by atoms with van der Waals surface area (Å²) in [5.74, 6) is 0. The lowest BCUT2D eigenvalue weighted by Crippen LogP contribution is -2.15. The van der Waals surface area contributed by atoms with Crippen LogP contribution in [0.5, 0.6) is 0 Å². The van der Waals surface area contributed by atoms with Gasteiger partial charge in [-0.05, 0) is 12.0 Å². The molecule has 1 saturated carbocycles. The largest absolute Gasteiger partial charge is 0.395 e. The lowest BCUT2D eigenvalue weighted by molar-refractivity contribution is 0.233. The molecule has 1 fully saturated rings. The highest BCUT2D eigenvalue weighted by atomic mass is 19.1. The van der Waals surface area contributed by atoms with Crippen molar-refractivity contribution in [2.45, 2.75) is 18.0 Å². The van der Waals surface area contributed by atoms with Gasteiger partial charge >= 0.3 is 0 Å². The normalized spacial score (nSPS) is 33.3. The summed E-state index contributed by atoms with van der Waals surface area (Å²) in [6.07, 6.45) is -0.391. The average molecular weight is 166 g/mol. The van der Waals surface area contributed by atoms with Gasteiger partial charge in [0.25, 0.3) is 0 Å². The van der Waals surface area contributed by atoms with Crippen molar-refractivity contribution in [2.24, 2.45) is 0 Å². The molecule has 12 heavy (non-hydrogen) atoms. The van der Waals surface area contributed by atoms with Gasteiger partial charge in [0.1, 0.15) is 6.17 Å². The topological polar surface area (TPSA) is 20.2 Å². The summed E-state index contributed by atoms with van der Waals surface area (Å²) in [6.45, 7) is -0.0851. The molecule has 0 heterocycles. The molecule has 0 amide bonds. The average Bonchev–Trinajstić information content (AvgIpc) is 2.80. The molecule has 1 aromatic carbocycles. The summed E-state index contributed by atoms with van der Waals surface area (Å²) in [6, 6.07) is 9.38. The highest BCUT2D eigenvalue weighted by Gasteiger charge is 2.55. The van der Waals surface area contributed by atoms with Gasteiger partial charge in [0.2, 0.25) is 0 Å². The zero-order valence-corrected chi connectivity index (χ0v) is 6.70. The van der Waals surface area contributed by atoms with E-state index in [0.29, 0.717) is 6.42 Å². The van der Waals surface area contributed by atoms with Crippen molar-refractivity contribution in [2.75, 3.05) is 6.61 Å². The van der Waals surface area contributed by atoms with E-state index in [1.54, 1.807) is 0 Å². The third-order valence-electron chi connectivity index (χ3n) is 2.61. The fourth-order valence-corrected chi connectivity index (χ4v) is 1.58. The molecule has 0 unspecified atom stereocenters. The van der Waals surface area contributed by atoms with Crippen LogP contribution in [-0.4, -0.2) is 17.9 Å². The number of hydrogen-bond acceptors (Lipinski definition) is 1. The van der Waals surface area contributed by atoms with Crippen molar-refractivity contribution in [1.29, 1.82) is 0 Å². The lowest BCUT2D eigenvalue weighted by Gasteiger charge is -2.10. The van der Waals surface area contributed by atoms with Crippen LogP contribution in [0.3, 0.4) is 0 Å². The summed E-state index contributed by atoms with van der Waals surface area (Å²) < 4.78 is 13.0. The van der Waals surface area contributed by atoms with Crippen LogP contribution in [0, 0.1) is 0 Å². The predicted molar refractivity (Wildman–Crippen MR) is 44.7 cm³/mol. The van der Waals surface area contributed by atoms with Crippen molar-refractivity contribution in [3.8, 4) is 0 Å². The third kappa shape index (κ3) is 0.950. The molecule has 1 aromatic rings. The summed E-state index contributed by atoms with van der Waals surface area (Å²) in [5.41, 5.74) is 0.348. The molecule has 0 saturated heterocycles. The maximum absolute atomic E-state index is 13.0. The molecule has 0 aromatic heterocycles. The van der Waals surface area contributed by atoms with Crippen LogP contribution >= 0.6 is 0 Å². The quantitative estimate of drug-likeness (QED) is 0.708. The number of hydrogen-bond donors (Lipinski definition) is 1. The highest BCUT2D eigenvalue weighted by molar-refractivity contribution is 5.34. The molecule has 0 aliphatic heterocycles. The second-order valence-electron chi connectivity index (χ2n) is 3.35. The molecule has 0 bridgehead atoms. The Bertz CT molecular complexity index is 268. The van der Waals surface area contributed by atoms with E-state index in [1.165, 1.54) is 0 Å². The smallest absolute Gasteiger partial charge is 0.113 e. The van der Waals surface area contributed by atoms with Gasteiger partial charge in [0, 0.05) is 0 Å². The van der Waals surface area contributed by atoms with Gasteiger partial charge in [-0.2, -0.15) is 0 Å². The molecule has 0 spiro atoms. The Kier molecular flexibility index (Phi) is 1.65. The molecule has 2 atom stereocenters. The highest BCUT2D eigenvalue weighted by Crippen LogP contribution is 2.50. The van der Waals surface area contributed by atoms with Gasteiger partial charge in [-0.25, -0.2) is 4.39 Å². The Labute approximate surface area is 70.8 Å². The van der Waals surface area contributed by atoms with E-state index in [-0.39, 0.29) is 6.61 Å². The van der Waals surface area contributed by atoms with Crippen molar-refractivity contribution in [3.05, 3.63) is 35.9 Å². The van der Waals surface area contributed by atoms with Gasteiger partial charge < -0.3 is 5.11 Å². The number of alkyl halides is 1. The summed E-state index contributed by atoms with van der Waals surface area (Å²) in [5, 5.41) is 9.04. The van der Waals surface area contributed by atoms with Crippen molar-refractivity contribution in [3.63, 3.8) is 0 Å². The molecule has 2 rings (SSSR count). The maximum atomic E-state index is 13.0. The van der Waals surface area contributed by atoms with Crippen LogP contribution in [0.4, 0.5) is 4.39 Å². The Morgan fingerprint density at radius 3 is 2.42 bits per heavy atom. The standard InChI is InChI=1S/C10H11FO/c11-9-6-10(9,7-12)8-4-2-1-3-5-8/h1-5,9,12H,6-7H2/t9-,10+/m1/s1. The summed E-state index contributed by atoms with van der Waals surface area (Å²) in [7, 11) is 0. The molecule has 1 N–H and O–H groups in total. The first-order valence-corrected chi connectivity index (χ1v) is 4.10. The Balaban J connectivity index is 2.31. The minimum absolute atomic E-state index is 0.0851. The lowest BCUT2D eigenvalue weighted by atomic mass is 9.97. The Morgan fingerprint density at radius 1 is 1.42 bits per heavy atom. The number of aliphatic hydroxyl groups excluding tert-OH is 1. The fraction of sp³-hybridized carbons (Fsp3) is 0.400.